The summed E-state index contributed by atoms with van der Waals surface area (Å²) >= 11 is 11.9. The van der Waals surface area contributed by atoms with Crippen LogP contribution in [0.2, 0.25) is 10.0 Å². The lowest BCUT2D eigenvalue weighted by Crippen LogP contribution is -3.08. The molecule has 0 spiro atoms. The number of quaternary nitrogens is 1. The number of likely N-dealkylation sites (N-methyl/N-ethyl adjacent to an activating group) is 1. The van der Waals surface area contributed by atoms with Gasteiger partial charge >= 0.3 is 0 Å². The van der Waals surface area contributed by atoms with E-state index in [0.29, 0.717) is 34.4 Å². The molecule has 0 bridgehead atoms. The van der Waals surface area contributed by atoms with E-state index in [2.05, 4.69) is 5.32 Å². The van der Waals surface area contributed by atoms with E-state index in [1.165, 1.54) is 6.92 Å². The third-order valence-electron chi connectivity index (χ3n) is 3.53. The number of amides is 1. The Morgan fingerprint density at radius 3 is 2.29 bits per heavy atom. The molecule has 0 fully saturated rings. The van der Waals surface area contributed by atoms with Gasteiger partial charge in [-0.2, -0.15) is 0 Å². The Morgan fingerprint density at radius 1 is 1.04 bits per heavy atom. The van der Waals surface area contributed by atoms with E-state index in [0.717, 1.165) is 10.5 Å². The van der Waals surface area contributed by atoms with Gasteiger partial charge in [-0.15, -0.1) is 0 Å². The molecular formula is C18H19Cl2N2O2+. The molecule has 4 nitrogen and oxygen atoms in total. The van der Waals surface area contributed by atoms with Gasteiger partial charge in [-0.25, -0.2) is 0 Å². The molecule has 2 aromatic carbocycles. The van der Waals surface area contributed by atoms with Crippen LogP contribution in [0, 0.1) is 0 Å². The van der Waals surface area contributed by atoms with Gasteiger partial charge in [0, 0.05) is 16.8 Å². The molecule has 6 heteroatoms. The number of benzene rings is 2. The monoisotopic (exact) mass is 365 g/mol. The number of ketones is 1. The smallest absolute Gasteiger partial charge is 0.279 e. The van der Waals surface area contributed by atoms with Crippen LogP contribution in [0.5, 0.6) is 0 Å². The highest BCUT2D eigenvalue weighted by Gasteiger charge is 2.12. The molecule has 0 saturated carbocycles. The molecule has 1 atom stereocenters. The Kier molecular flexibility index (Phi) is 6.37. The maximum absolute atomic E-state index is 12.1. The van der Waals surface area contributed by atoms with Gasteiger partial charge in [-0.1, -0.05) is 29.3 Å². The normalized spacial score (nSPS) is 11.8. The van der Waals surface area contributed by atoms with Crippen LogP contribution in [0.1, 0.15) is 22.8 Å². The number of carbonyl (C=O) groups excluding carboxylic acids is 2. The molecule has 0 aliphatic rings. The van der Waals surface area contributed by atoms with Gasteiger partial charge in [0.05, 0.1) is 17.1 Å². The first-order valence-corrected chi connectivity index (χ1v) is 8.27. The second-order valence-corrected chi connectivity index (χ2v) is 6.56. The Bertz CT molecular complexity index is 745. The number of hydrogen-bond donors (Lipinski definition) is 2. The zero-order valence-electron chi connectivity index (χ0n) is 13.5. The van der Waals surface area contributed by atoms with E-state index in [4.69, 9.17) is 23.2 Å². The predicted molar refractivity (Wildman–Crippen MR) is 97.0 cm³/mol. The Morgan fingerprint density at radius 2 is 1.71 bits per heavy atom. The minimum Gasteiger partial charge on any atom is -0.326 e. The van der Waals surface area contributed by atoms with Crippen molar-refractivity contribution in [3.8, 4) is 0 Å². The Balaban J connectivity index is 1.89. The summed E-state index contributed by atoms with van der Waals surface area (Å²) in [5.74, 6) is -0.0955. The zero-order valence-corrected chi connectivity index (χ0v) is 15.0. The molecule has 2 aromatic rings. The lowest BCUT2D eigenvalue weighted by molar-refractivity contribution is -0.885. The second kappa shape index (κ2) is 8.29. The van der Waals surface area contributed by atoms with Crippen LogP contribution in [0.25, 0.3) is 0 Å². The lowest BCUT2D eigenvalue weighted by atomic mass is 10.1. The van der Waals surface area contributed by atoms with Crippen LogP contribution < -0.4 is 10.2 Å². The molecule has 0 heterocycles. The number of rotatable bonds is 6. The van der Waals surface area contributed by atoms with E-state index in [1.54, 1.807) is 30.3 Å². The SMILES string of the molecule is CC(=O)c1ccc(NC(=O)C[NH+](C)Cc2ccc(Cl)c(Cl)c2)cc1. The van der Waals surface area contributed by atoms with Crippen molar-refractivity contribution in [3.05, 3.63) is 63.6 Å². The van der Waals surface area contributed by atoms with E-state index < -0.39 is 0 Å². The van der Waals surface area contributed by atoms with E-state index >= 15 is 0 Å². The van der Waals surface area contributed by atoms with Crippen molar-refractivity contribution in [1.82, 2.24) is 0 Å². The van der Waals surface area contributed by atoms with Crippen molar-refractivity contribution in [2.45, 2.75) is 13.5 Å². The maximum atomic E-state index is 12.1. The van der Waals surface area contributed by atoms with Crippen LogP contribution in [-0.4, -0.2) is 25.3 Å². The fourth-order valence-electron chi connectivity index (χ4n) is 2.33. The van der Waals surface area contributed by atoms with Gasteiger partial charge in [0.15, 0.2) is 12.3 Å². The molecule has 2 rings (SSSR count). The summed E-state index contributed by atoms with van der Waals surface area (Å²) in [7, 11) is 1.93. The highest BCUT2D eigenvalue weighted by molar-refractivity contribution is 6.42. The van der Waals surface area contributed by atoms with Crippen LogP contribution in [0.3, 0.4) is 0 Å². The molecule has 0 aliphatic heterocycles. The molecule has 0 aromatic heterocycles. The van der Waals surface area contributed by atoms with Gasteiger partial charge < -0.3 is 10.2 Å². The minimum absolute atomic E-state index is 0.00122. The summed E-state index contributed by atoms with van der Waals surface area (Å²) in [4.78, 5) is 24.4. The Labute approximate surface area is 151 Å². The quantitative estimate of drug-likeness (QED) is 0.773. The van der Waals surface area contributed by atoms with Crippen LogP contribution >= 0.6 is 23.2 Å². The van der Waals surface area contributed by atoms with Crippen molar-refractivity contribution in [2.75, 3.05) is 18.9 Å². The Hall–Kier alpha value is -1.88. The third-order valence-corrected chi connectivity index (χ3v) is 4.27. The molecule has 0 saturated heterocycles. The zero-order chi connectivity index (χ0) is 17.7. The van der Waals surface area contributed by atoms with Gasteiger partial charge in [-0.05, 0) is 43.3 Å². The number of anilines is 1. The lowest BCUT2D eigenvalue weighted by Gasteiger charge is -2.14. The third kappa shape index (κ3) is 5.34. The average Bonchev–Trinajstić information content (AvgIpc) is 2.51. The highest BCUT2D eigenvalue weighted by Crippen LogP contribution is 2.22. The fraction of sp³-hybridized carbons (Fsp3) is 0.222. The van der Waals surface area contributed by atoms with Crippen molar-refractivity contribution in [3.63, 3.8) is 0 Å². The van der Waals surface area contributed by atoms with Crippen molar-refractivity contribution < 1.29 is 14.5 Å². The molecule has 0 radical (unpaired) electrons. The summed E-state index contributed by atoms with van der Waals surface area (Å²) in [5, 5.41) is 3.86. The topological polar surface area (TPSA) is 50.6 Å². The maximum Gasteiger partial charge on any atom is 0.279 e. The van der Waals surface area contributed by atoms with Crippen LogP contribution in [0.15, 0.2) is 42.5 Å². The molecule has 126 valence electrons. The standard InChI is InChI=1S/C18H18Cl2N2O2/c1-12(23)14-4-6-15(7-5-14)21-18(24)11-22(2)10-13-3-8-16(19)17(20)9-13/h3-9H,10-11H2,1-2H3,(H,21,24)/p+1. The first kappa shape index (κ1) is 18.5. The largest absolute Gasteiger partial charge is 0.326 e. The van der Waals surface area contributed by atoms with Crippen LogP contribution in [0.4, 0.5) is 5.69 Å². The minimum atomic E-state index is -0.0943. The first-order valence-electron chi connectivity index (χ1n) is 7.51. The van der Waals surface area contributed by atoms with E-state index in [-0.39, 0.29) is 11.7 Å². The summed E-state index contributed by atoms with van der Waals surface area (Å²) in [5.41, 5.74) is 2.31. The predicted octanol–water partition coefficient (Wildman–Crippen LogP) is 2.85. The summed E-state index contributed by atoms with van der Waals surface area (Å²) in [6.07, 6.45) is 0. The molecule has 1 amide bonds. The summed E-state index contributed by atoms with van der Waals surface area (Å²) in [6, 6.07) is 12.3. The highest BCUT2D eigenvalue weighted by atomic mass is 35.5. The number of carbonyl (C=O) groups is 2. The number of nitrogens with one attached hydrogen (secondary N) is 2. The molecule has 0 aliphatic carbocycles. The molecule has 24 heavy (non-hydrogen) atoms. The number of halogens is 2. The molecule has 1 unspecified atom stereocenters. The molecule has 2 N–H and O–H groups in total. The van der Waals surface area contributed by atoms with Crippen molar-refractivity contribution in [2.24, 2.45) is 0 Å². The second-order valence-electron chi connectivity index (χ2n) is 5.74. The van der Waals surface area contributed by atoms with Crippen molar-refractivity contribution >= 4 is 40.6 Å². The fourth-order valence-corrected chi connectivity index (χ4v) is 2.65. The summed E-state index contributed by atoms with van der Waals surface area (Å²) in [6.45, 7) is 2.48. The van der Waals surface area contributed by atoms with E-state index in [1.807, 2.05) is 19.2 Å². The number of hydrogen-bond acceptors (Lipinski definition) is 2. The van der Waals surface area contributed by atoms with Gasteiger partial charge in [0.1, 0.15) is 6.54 Å². The van der Waals surface area contributed by atoms with Gasteiger partial charge in [-0.3, -0.25) is 9.59 Å². The molecular weight excluding hydrogens is 347 g/mol. The van der Waals surface area contributed by atoms with Gasteiger partial charge in [0.2, 0.25) is 0 Å². The average molecular weight is 366 g/mol. The van der Waals surface area contributed by atoms with Gasteiger partial charge in [0.25, 0.3) is 5.91 Å². The summed E-state index contributed by atoms with van der Waals surface area (Å²) < 4.78 is 0. The van der Waals surface area contributed by atoms with Crippen LogP contribution in [-0.2, 0) is 11.3 Å². The number of Topliss-reactive ketones (excluding diaryl/α,β-unsaturated/α-hetero) is 1. The van der Waals surface area contributed by atoms with Crippen molar-refractivity contribution in [1.29, 1.82) is 0 Å². The van der Waals surface area contributed by atoms with E-state index in [9.17, 15) is 9.59 Å². The first-order chi connectivity index (χ1) is 11.3.